The van der Waals surface area contributed by atoms with Gasteiger partial charge >= 0.3 is 0 Å². The number of aromatic nitrogens is 2. The SMILES string of the molecule is ClCc1noc(-c2cccc3ccccc23)n1. The average molecular weight is 245 g/mol. The van der Waals surface area contributed by atoms with Gasteiger partial charge < -0.3 is 4.52 Å². The van der Waals surface area contributed by atoms with Gasteiger partial charge in [0.25, 0.3) is 5.89 Å². The van der Waals surface area contributed by atoms with Gasteiger partial charge in [-0.1, -0.05) is 41.6 Å². The lowest BCUT2D eigenvalue weighted by atomic mass is 10.0. The molecular formula is C13H9ClN2O. The molecule has 0 unspecified atom stereocenters. The van der Waals surface area contributed by atoms with E-state index in [2.05, 4.69) is 22.3 Å². The monoisotopic (exact) mass is 244 g/mol. The van der Waals surface area contributed by atoms with E-state index in [-0.39, 0.29) is 5.88 Å². The van der Waals surface area contributed by atoms with E-state index in [0.29, 0.717) is 11.7 Å². The van der Waals surface area contributed by atoms with E-state index in [1.54, 1.807) is 0 Å². The first kappa shape index (κ1) is 10.3. The lowest BCUT2D eigenvalue weighted by Crippen LogP contribution is -1.82. The Labute approximate surface area is 103 Å². The van der Waals surface area contributed by atoms with Crippen LogP contribution in [-0.4, -0.2) is 10.1 Å². The van der Waals surface area contributed by atoms with Crippen molar-refractivity contribution in [2.75, 3.05) is 0 Å². The highest BCUT2D eigenvalue weighted by Gasteiger charge is 2.10. The molecule has 17 heavy (non-hydrogen) atoms. The molecule has 0 aliphatic heterocycles. The van der Waals surface area contributed by atoms with Crippen LogP contribution < -0.4 is 0 Å². The Morgan fingerprint density at radius 3 is 2.71 bits per heavy atom. The third kappa shape index (κ3) is 1.78. The summed E-state index contributed by atoms with van der Waals surface area (Å²) in [4.78, 5) is 4.24. The standard InChI is InChI=1S/C13H9ClN2O/c14-8-12-15-13(17-16-12)11-7-3-5-9-4-1-2-6-10(9)11/h1-7H,8H2. The van der Waals surface area contributed by atoms with Crippen LogP contribution in [-0.2, 0) is 5.88 Å². The summed E-state index contributed by atoms with van der Waals surface area (Å²) in [6, 6.07) is 14.1. The summed E-state index contributed by atoms with van der Waals surface area (Å²) in [5, 5.41) is 6.05. The van der Waals surface area contributed by atoms with E-state index in [1.165, 1.54) is 0 Å². The van der Waals surface area contributed by atoms with Crippen molar-refractivity contribution in [3.8, 4) is 11.5 Å². The van der Waals surface area contributed by atoms with Gasteiger partial charge in [-0.15, -0.1) is 11.6 Å². The van der Waals surface area contributed by atoms with Crippen molar-refractivity contribution in [2.24, 2.45) is 0 Å². The van der Waals surface area contributed by atoms with Crippen molar-refractivity contribution in [1.82, 2.24) is 10.1 Å². The van der Waals surface area contributed by atoms with Crippen molar-refractivity contribution in [3.63, 3.8) is 0 Å². The minimum absolute atomic E-state index is 0.258. The minimum Gasteiger partial charge on any atom is -0.334 e. The fraction of sp³-hybridized carbons (Fsp3) is 0.0769. The van der Waals surface area contributed by atoms with Crippen LogP contribution in [0.3, 0.4) is 0 Å². The molecule has 4 heteroatoms. The molecule has 0 atom stereocenters. The van der Waals surface area contributed by atoms with Crippen LogP contribution >= 0.6 is 11.6 Å². The number of halogens is 1. The second kappa shape index (κ2) is 4.18. The van der Waals surface area contributed by atoms with Crippen LogP contribution in [0, 0.1) is 0 Å². The highest BCUT2D eigenvalue weighted by Crippen LogP contribution is 2.27. The van der Waals surface area contributed by atoms with Crippen LogP contribution in [0.2, 0.25) is 0 Å². The summed E-state index contributed by atoms with van der Waals surface area (Å²) in [5.41, 5.74) is 0.937. The molecule has 0 fully saturated rings. The molecule has 84 valence electrons. The molecular weight excluding hydrogens is 236 g/mol. The third-order valence-electron chi connectivity index (χ3n) is 2.61. The zero-order chi connectivity index (χ0) is 11.7. The maximum atomic E-state index is 5.66. The summed E-state index contributed by atoms with van der Waals surface area (Å²) in [7, 11) is 0. The molecule has 0 aliphatic carbocycles. The number of fused-ring (bicyclic) bond motifs is 1. The number of rotatable bonds is 2. The summed E-state index contributed by atoms with van der Waals surface area (Å²) < 4.78 is 5.20. The van der Waals surface area contributed by atoms with E-state index in [1.807, 2.05) is 30.3 Å². The number of hydrogen-bond donors (Lipinski definition) is 0. The molecule has 1 aromatic heterocycles. The van der Waals surface area contributed by atoms with Crippen LogP contribution in [0.1, 0.15) is 5.82 Å². The molecule has 3 aromatic rings. The van der Waals surface area contributed by atoms with Gasteiger partial charge in [-0.05, 0) is 16.8 Å². The maximum Gasteiger partial charge on any atom is 0.258 e. The second-order valence-electron chi connectivity index (χ2n) is 3.68. The summed E-state index contributed by atoms with van der Waals surface area (Å²) in [6.45, 7) is 0. The predicted octanol–water partition coefficient (Wildman–Crippen LogP) is 3.63. The first-order chi connectivity index (χ1) is 8.38. The molecule has 0 saturated carbocycles. The molecule has 2 aromatic carbocycles. The highest BCUT2D eigenvalue weighted by molar-refractivity contribution is 6.16. The smallest absolute Gasteiger partial charge is 0.258 e. The van der Waals surface area contributed by atoms with Crippen molar-refractivity contribution in [2.45, 2.75) is 5.88 Å². The first-order valence-corrected chi connectivity index (χ1v) is 5.78. The molecule has 0 radical (unpaired) electrons. The van der Waals surface area contributed by atoms with E-state index in [9.17, 15) is 0 Å². The quantitative estimate of drug-likeness (QED) is 0.646. The zero-order valence-electron chi connectivity index (χ0n) is 8.93. The Morgan fingerprint density at radius 1 is 1.06 bits per heavy atom. The fourth-order valence-electron chi connectivity index (χ4n) is 1.83. The van der Waals surface area contributed by atoms with Crippen molar-refractivity contribution >= 4 is 22.4 Å². The van der Waals surface area contributed by atoms with E-state index in [4.69, 9.17) is 16.1 Å². The number of alkyl halides is 1. The first-order valence-electron chi connectivity index (χ1n) is 5.25. The highest BCUT2D eigenvalue weighted by atomic mass is 35.5. The Balaban J connectivity index is 2.23. The normalized spacial score (nSPS) is 10.9. The number of nitrogens with zero attached hydrogens (tertiary/aromatic N) is 2. The Bertz CT molecular complexity index is 658. The third-order valence-corrected chi connectivity index (χ3v) is 2.85. The molecule has 0 bridgehead atoms. The van der Waals surface area contributed by atoms with Crippen LogP contribution in [0.4, 0.5) is 0 Å². The van der Waals surface area contributed by atoms with E-state index < -0.39 is 0 Å². The molecule has 0 aliphatic rings. The molecule has 3 rings (SSSR count). The van der Waals surface area contributed by atoms with Gasteiger partial charge in [0, 0.05) is 5.56 Å². The van der Waals surface area contributed by atoms with Gasteiger partial charge in [-0.3, -0.25) is 0 Å². The van der Waals surface area contributed by atoms with Gasteiger partial charge in [0.05, 0.1) is 5.88 Å². The van der Waals surface area contributed by atoms with Crippen LogP contribution in [0.25, 0.3) is 22.2 Å². The van der Waals surface area contributed by atoms with Gasteiger partial charge in [-0.25, -0.2) is 0 Å². The predicted molar refractivity (Wildman–Crippen MR) is 66.8 cm³/mol. The molecule has 0 spiro atoms. The summed E-state index contributed by atoms with van der Waals surface area (Å²) in [5.74, 6) is 1.28. The lowest BCUT2D eigenvalue weighted by molar-refractivity contribution is 0.425. The fourth-order valence-corrected chi connectivity index (χ4v) is 1.94. The molecule has 0 amide bonds. The zero-order valence-corrected chi connectivity index (χ0v) is 9.69. The Morgan fingerprint density at radius 2 is 1.88 bits per heavy atom. The summed E-state index contributed by atoms with van der Waals surface area (Å²) in [6.07, 6.45) is 0. The number of hydrogen-bond acceptors (Lipinski definition) is 3. The molecule has 1 heterocycles. The average Bonchev–Trinajstić information content (AvgIpc) is 2.87. The van der Waals surface area contributed by atoms with E-state index in [0.717, 1.165) is 16.3 Å². The van der Waals surface area contributed by atoms with Crippen molar-refractivity contribution < 1.29 is 4.52 Å². The molecule has 0 N–H and O–H groups in total. The van der Waals surface area contributed by atoms with Crippen molar-refractivity contribution in [3.05, 3.63) is 48.3 Å². The Kier molecular flexibility index (Phi) is 2.53. The largest absolute Gasteiger partial charge is 0.334 e. The van der Waals surface area contributed by atoms with Gasteiger partial charge in [0.15, 0.2) is 5.82 Å². The lowest BCUT2D eigenvalue weighted by Gasteiger charge is -2.01. The van der Waals surface area contributed by atoms with Crippen LogP contribution in [0.15, 0.2) is 47.0 Å². The van der Waals surface area contributed by atoms with Gasteiger partial charge in [0.2, 0.25) is 0 Å². The topological polar surface area (TPSA) is 38.9 Å². The molecule has 3 nitrogen and oxygen atoms in total. The van der Waals surface area contributed by atoms with Gasteiger partial charge in [0.1, 0.15) is 0 Å². The maximum absolute atomic E-state index is 5.66. The van der Waals surface area contributed by atoms with E-state index >= 15 is 0 Å². The number of benzene rings is 2. The Hall–Kier alpha value is -1.87. The summed E-state index contributed by atoms with van der Waals surface area (Å²) >= 11 is 5.66. The van der Waals surface area contributed by atoms with Gasteiger partial charge in [-0.2, -0.15) is 4.98 Å². The van der Waals surface area contributed by atoms with Crippen LogP contribution in [0.5, 0.6) is 0 Å². The van der Waals surface area contributed by atoms with Crippen molar-refractivity contribution in [1.29, 1.82) is 0 Å². The second-order valence-corrected chi connectivity index (χ2v) is 3.94. The minimum atomic E-state index is 0.258. The molecule has 0 saturated heterocycles.